The van der Waals surface area contributed by atoms with Crippen molar-refractivity contribution in [2.75, 3.05) is 11.9 Å². The number of aromatic nitrogens is 2. The molecule has 20 heavy (non-hydrogen) atoms. The smallest absolute Gasteiger partial charge is 0.226 e. The van der Waals surface area contributed by atoms with Crippen molar-refractivity contribution in [2.45, 2.75) is 6.54 Å². The molecule has 0 saturated heterocycles. The highest BCUT2D eigenvalue weighted by Crippen LogP contribution is 2.13. The van der Waals surface area contributed by atoms with E-state index in [0.29, 0.717) is 23.8 Å². The third-order valence-electron chi connectivity index (χ3n) is 2.72. The standard InChI is InChI=1S/C13H14FN5O/c1-19(8-9-4-2-3-5-10(9)14)13-16-7-6-11(17-13)12(15)18-20/h2-7,20H,8H2,1H3,(H2,15,18). The number of amidine groups is 1. The van der Waals surface area contributed by atoms with Crippen LogP contribution in [0.2, 0.25) is 0 Å². The first-order chi connectivity index (χ1) is 9.61. The zero-order valence-corrected chi connectivity index (χ0v) is 10.9. The summed E-state index contributed by atoms with van der Waals surface area (Å²) in [7, 11) is 1.73. The van der Waals surface area contributed by atoms with Gasteiger partial charge in [0, 0.05) is 25.4 Å². The summed E-state index contributed by atoms with van der Waals surface area (Å²) in [5, 5.41) is 11.5. The molecule has 3 N–H and O–H groups in total. The molecule has 6 nitrogen and oxygen atoms in total. The largest absolute Gasteiger partial charge is 0.409 e. The number of halogens is 1. The summed E-state index contributed by atoms with van der Waals surface area (Å²) in [6.07, 6.45) is 1.49. The van der Waals surface area contributed by atoms with E-state index >= 15 is 0 Å². The first-order valence-electron chi connectivity index (χ1n) is 5.87. The third-order valence-corrected chi connectivity index (χ3v) is 2.72. The molecular weight excluding hydrogens is 261 g/mol. The Bertz CT molecular complexity index is 632. The van der Waals surface area contributed by atoms with E-state index in [1.54, 1.807) is 30.1 Å². The first kappa shape index (κ1) is 13.7. The lowest BCUT2D eigenvalue weighted by Crippen LogP contribution is -2.22. The summed E-state index contributed by atoms with van der Waals surface area (Å²) in [4.78, 5) is 9.90. The number of nitrogens with zero attached hydrogens (tertiary/aromatic N) is 4. The lowest BCUT2D eigenvalue weighted by Gasteiger charge is -2.17. The van der Waals surface area contributed by atoms with Crippen LogP contribution in [0.5, 0.6) is 0 Å². The van der Waals surface area contributed by atoms with Gasteiger partial charge in [0.1, 0.15) is 11.5 Å². The second-order valence-corrected chi connectivity index (χ2v) is 4.17. The predicted octanol–water partition coefficient (Wildman–Crippen LogP) is 1.35. The summed E-state index contributed by atoms with van der Waals surface area (Å²) in [6, 6.07) is 8.01. The minimum atomic E-state index is -0.285. The van der Waals surface area contributed by atoms with Crippen molar-refractivity contribution in [1.29, 1.82) is 0 Å². The fourth-order valence-corrected chi connectivity index (χ4v) is 1.68. The first-order valence-corrected chi connectivity index (χ1v) is 5.87. The highest BCUT2D eigenvalue weighted by molar-refractivity contribution is 5.95. The number of rotatable bonds is 4. The van der Waals surface area contributed by atoms with Gasteiger partial charge in [-0.05, 0) is 12.1 Å². The van der Waals surface area contributed by atoms with Gasteiger partial charge in [-0.15, -0.1) is 0 Å². The van der Waals surface area contributed by atoms with Crippen LogP contribution in [0.15, 0.2) is 41.7 Å². The number of nitrogens with two attached hydrogens (primary N) is 1. The molecule has 2 rings (SSSR count). The molecule has 0 unspecified atom stereocenters. The number of oxime groups is 1. The molecule has 0 aliphatic rings. The summed E-state index contributed by atoms with van der Waals surface area (Å²) < 4.78 is 13.6. The Morgan fingerprint density at radius 2 is 2.15 bits per heavy atom. The van der Waals surface area contributed by atoms with E-state index < -0.39 is 0 Å². The summed E-state index contributed by atoms with van der Waals surface area (Å²) in [6.45, 7) is 0.312. The average molecular weight is 275 g/mol. The van der Waals surface area contributed by atoms with E-state index in [0.717, 1.165) is 0 Å². The maximum atomic E-state index is 13.6. The van der Waals surface area contributed by atoms with Gasteiger partial charge in [-0.2, -0.15) is 0 Å². The molecule has 0 radical (unpaired) electrons. The summed E-state index contributed by atoms with van der Waals surface area (Å²) >= 11 is 0. The van der Waals surface area contributed by atoms with E-state index in [1.807, 2.05) is 0 Å². The van der Waals surface area contributed by atoms with Crippen molar-refractivity contribution in [3.05, 3.63) is 53.6 Å². The van der Waals surface area contributed by atoms with Crippen LogP contribution in [-0.4, -0.2) is 28.1 Å². The fraction of sp³-hybridized carbons (Fsp3) is 0.154. The monoisotopic (exact) mass is 275 g/mol. The van der Waals surface area contributed by atoms with Crippen LogP contribution in [0.4, 0.5) is 10.3 Å². The van der Waals surface area contributed by atoms with Gasteiger partial charge in [-0.3, -0.25) is 0 Å². The second kappa shape index (κ2) is 5.96. The molecule has 7 heteroatoms. The molecule has 0 saturated carbocycles. The molecule has 1 aromatic carbocycles. The van der Waals surface area contributed by atoms with E-state index in [2.05, 4.69) is 15.1 Å². The van der Waals surface area contributed by atoms with Crippen LogP contribution in [0, 0.1) is 5.82 Å². The van der Waals surface area contributed by atoms with Gasteiger partial charge < -0.3 is 15.8 Å². The predicted molar refractivity (Wildman–Crippen MR) is 73.0 cm³/mol. The zero-order valence-electron chi connectivity index (χ0n) is 10.9. The van der Waals surface area contributed by atoms with Crippen LogP contribution in [0.3, 0.4) is 0 Å². The van der Waals surface area contributed by atoms with Gasteiger partial charge in [0.05, 0.1) is 0 Å². The quantitative estimate of drug-likeness (QED) is 0.380. The maximum absolute atomic E-state index is 13.6. The Hall–Kier alpha value is -2.70. The molecule has 104 valence electrons. The van der Waals surface area contributed by atoms with Crippen molar-refractivity contribution in [2.24, 2.45) is 10.9 Å². The van der Waals surface area contributed by atoms with E-state index in [-0.39, 0.29) is 11.7 Å². The van der Waals surface area contributed by atoms with Crippen molar-refractivity contribution >= 4 is 11.8 Å². The van der Waals surface area contributed by atoms with Gasteiger partial charge in [0.2, 0.25) is 5.95 Å². The van der Waals surface area contributed by atoms with Crippen molar-refractivity contribution < 1.29 is 9.60 Å². The Morgan fingerprint density at radius 1 is 1.40 bits per heavy atom. The fourth-order valence-electron chi connectivity index (χ4n) is 1.68. The molecule has 0 aliphatic heterocycles. The van der Waals surface area contributed by atoms with Gasteiger partial charge >= 0.3 is 0 Å². The number of anilines is 1. The number of hydrogen-bond acceptors (Lipinski definition) is 5. The van der Waals surface area contributed by atoms with Gasteiger partial charge in [0.25, 0.3) is 0 Å². The molecular formula is C13H14FN5O. The minimum Gasteiger partial charge on any atom is -0.409 e. The van der Waals surface area contributed by atoms with Crippen LogP contribution in [0.25, 0.3) is 0 Å². The molecule has 0 amide bonds. The minimum absolute atomic E-state index is 0.104. The van der Waals surface area contributed by atoms with Crippen LogP contribution in [-0.2, 0) is 6.54 Å². The van der Waals surface area contributed by atoms with Crippen LogP contribution < -0.4 is 10.6 Å². The lowest BCUT2D eigenvalue weighted by molar-refractivity contribution is 0.318. The molecule has 0 spiro atoms. The third kappa shape index (κ3) is 3.00. The molecule has 0 fully saturated rings. The van der Waals surface area contributed by atoms with Crippen LogP contribution in [0.1, 0.15) is 11.3 Å². The number of hydrogen-bond donors (Lipinski definition) is 2. The average Bonchev–Trinajstić information content (AvgIpc) is 2.49. The van der Waals surface area contributed by atoms with Crippen molar-refractivity contribution in [3.8, 4) is 0 Å². The maximum Gasteiger partial charge on any atom is 0.226 e. The Balaban J connectivity index is 2.21. The highest BCUT2D eigenvalue weighted by Gasteiger charge is 2.10. The van der Waals surface area contributed by atoms with Gasteiger partial charge in [-0.1, -0.05) is 23.4 Å². The summed E-state index contributed by atoms with van der Waals surface area (Å²) in [5.41, 5.74) is 6.31. The Labute approximate surface area is 115 Å². The molecule has 1 aromatic heterocycles. The highest BCUT2D eigenvalue weighted by atomic mass is 19.1. The van der Waals surface area contributed by atoms with Gasteiger partial charge in [-0.25, -0.2) is 14.4 Å². The molecule has 2 aromatic rings. The van der Waals surface area contributed by atoms with Crippen molar-refractivity contribution in [1.82, 2.24) is 9.97 Å². The topological polar surface area (TPSA) is 87.6 Å². The lowest BCUT2D eigenvalue weighted by atomic mass is 10.2. The van der Waals surface area contributed by atoms with E-state index in [1.165, 1.54) is 18.3 Å². The summed E-state index contributed by atoms with van der Waals surface area (Å²) in [5.74, 6) is -0.0303. The second-order valence-electron chi connectivity index (χ2n) is 4.17. The van der Waals surface area contributed by atoms with Gasteiger partial charge in [0.15, 0.2) is 5.84 Å². The normalized spacial score (nSPS) is 11.4. The molecule has 1 heterocycles. The van der Waals surface area contributed by atoms with E-state index in [9.17, 15) is 4.39 Å². The van der Waals surface area contributed by atoms with E-state index in [4.69, 9.17) is 10.9 Å². The SMILES string of the molecule is CN(Cc1ccccc1F)c1nccc(/C(N)=N/O)n1. The molecule has 0 atom stereocenters. The molecule has 0 aliphatic carbocycles. The zero-order chi connectivity index (χ0) is 14.5. The Morgan fingerprint density at radius 3 is 2.85 bits per heavy atom. The Kier molecular flexibility index (Phi) is 4.09. The number of benzene rings is 1. The molecule has 0 bridgehead atoms. The van der Waals surface area contributed by atoms with Crippen LogP contribution >= 0.6 is 0 Å². The van der Waals surface area contributed by atoms with Crippen molar-refractivity contribution in [3.63, 3.8) is 0 Å².